The van der Waals surface area contributed by atoms with Gasteiger partial charge in [0.1, 0.15) is 0 Å². The number of rotatable bonds is 8. The van der Waals surface area contributed by atoms with Gasteiger partial charge in [-0.05, 0) is 231 Å². The van der Waals surface area contributed by atoms with Crippen LogP contribution in [0.4, 0.5) is 34.1 Å². The van der Waals surface area contributed by atoms with Crippen LogP contribution < -0.4 is 9.80 Å². The Morgan fingerprint density at radius 2 is 0.447 bits per heavy atom. The number of benzene rings is 11. The van der Waals surface area contributed by atoms with E-state index in [0.29, 0.717) is 0 Å². The molecule has 0 atom stereocenters. The Morgan fingerprint density at radius 3 is 0.684 bits per heavy atom. The molecule has 11 rings (SSSR count). The number of aryl methyl sites for hydroxylation is 2. The second-order valence-electron chi connectivity index (χ2n) is 25.7. The van der Waals surface area contributed by atoms with Crippen LogP contribution in [0.3, 0.4) is 0 Å². The quantitative estimate of drug-likeness (QED) is 0.111. The smallest absolute Gasteiger partial charge is 0.0462 e. The van der Waals surface area contributed by atoms with Crippen LogP contribution >= 0.6 is 0 Å². The zero-order chi connectivity index (χ0) is 53.6. The molecular weight excluding hydrogens is 917 g/mol. The van der Waals surface area contributed by atoms with E-state index in [1.807, 2.05) is 0 Å². The van der Waals surface area contributed by atoms with Gasteiger partial charge in [0.05, 0.1) is 0 Å². The first-order chi connectivity index (χ1) is 36.0. The van der Waals surface area contributed by atoms with Gasteiger partial charge in [-0.25, -0.2) is 0 Å². The maximum absolute atomic E-state index is 2.45. The molecule has 0 aliphatic rings. The topological polar surface area (TPSA) is 6.48 Å². The fraction of sp³-hybridized carbons (Fsp3) is 0.243. The summed E-state index contributed by atoms with van der Waals surface area (Å²) >= 11 is 0. The van der Waals surface area contributed by atoms with E-state index < -0.39 is 0 Å². The molecule has 0 heterocycles. The zero-order valence-electron chi connectivity index (χ0n) is 47.4. The highest BCUT2D eigenvalue weighted by molar-refractivity contribution is 6.34. The second kappa shape index (κ2) is 18.6. The second-order valence-corrected chi connectivity index (χ2v) is 25.7. The zero-order valence-corrected chi connectivity index (χ0v) is 47.4. The molecule has 2 heteroatoms. The fourth-order valence-electron chi connectivity index (χ4n) is 11.4. The molecule has 0 saturated heterocycles. The SMILES string of the molecule is Cc1ccc2c3cc(-c4ccc(N(c5ccc(C(C)(C)C)cc5)c5ccc(C(C)(C)C)cc5)cc4)cc4c(C)ccc(c5cc(-c6ccc(N(c7ccc(C(C)(C)C)cc7)c7ccc(C(C)(C)C)cc7)cc6)cc1c25)c43. The minimum Gasteiger partial charge on any atom is -0.311 e. The Hall–Kier alpha value is -7.68. The number of anilines is 6. The summed E-state index contributed by atoms with van der Waals surface area (Å²) in [5.41, 5.74) is 19.9. The normalized spacial score (nSPS) is 12.6. The molecule has 0 spiro atoms. The number of fused-ring (bicyclic) bond motifs is 2. The summed E-state index contributed by atoms with van der Waals surface area (Å²) in [6, 6.07) is 74.0. The van der Waals surface area contributed by atoms with E-state index in [4.69, 9.17) is 0 Å². The molecule has 0 bridgehead atoms. The summed E-state index contributed by atoms with van der Waals surface area (Å²) in [6.07, 6.45) is 0. The first-order valence-electron chi connectivity index (χ1n) is 27.4. The third-order valence-corrected chi connectivity index (χ3v) is 16.1. The van der Waals surface area contributed by atoms with Crippen molar-refractivity contribution in [3.8, 4) is 22.3 Å². The summed E-state index contributed by atoms with van der Waals surface area (Å²) in [7, 11) is 0. The Morgan fingerprint density at radius 1 is 0.224 bits per heavy atom. The maximum atomic E-state index is 2.45. The van der Waals surface area contributed by atoms with E-state index in [0.717, 1.165) is 34.1 Å². The molecule has 0 radical (unpaired) electrons. The van der Waals surface area contributed by atoms with Crippen molar-refractivity contribution in [3.05, 3.63) is 228 Å². The van der Waals surface area contributed by atoms with E-state index in [-0.39, 0.29) is 21.7 Å². The van der Waals surface area contributed by atoms with E-state index in [2.05, 4.69) is 301 Å². The highest BCUT2D eigenvalue weighted by Crippen LogP contribution is 2.47. The molecule has 0 saturated carbocycles. The molecule has 11 aromatic rings. The summed E-state index contributed by atoms with van der Waals surface area (Å²) in [5, 5.41) is 10.5. The summed E-state index contributed by atoms with van der Waals surface area (Å²) in [4.78, 5) is 4.78. The van der Waals surface area contributed by atoms with Crippen LogP contribution in [-0.2, 0) is 21.7 Å². The fourth-order valence-corrected chi connectivity index (χ4v) is 11.4. The van der Waals surface area contributed by atoms with Gasteiger partial charge in [-0.2, -0.15) is 0 Å². The molecule has 0 amide bonds. The van der Waals surface area contributed by atoms with Crippen molar-refractivity contribution in [2.24, 2.45) is 0 Å². The predicted octanol–water partition coefficient (Wildman–Crippen LogP) is 21.8. The average molecular weight is 991 g/mol. The minimum atomic E-state index is 0.0746. The van der Waals surface area contributed by atoms with E-state index in [9.17, 15) is 0 Å². The van der Waals surface area contributed by atoms with Gasteiger partial charge in [0, 0.05) is 34.1 Å². The Balaban J connectivity index is 0.989. The van der Waals surface area contributed by atoms with Crippen molar-refractivity contribution in [3.63, 3.8) is 0 Å². The van der Waals surface area contributed by atoms with Crippen LogP contribution in [0, 0.1) is 13.8 Å². The number of hydrogen-bond acceptors (Lipinski definition) is 2. The van der Waals surface area contributed by atoms with Gasteiger partial charge in [0.25, 0.3) is 0 Å². The van der Waals surface area contributed by atoms with Crippen molar-refractivity contribution in [1.82, 2.24) is 0 Å². The molecule has 0 aliphatic heterocycles. The third-order valence-electron chi connectivity index (χ3n) is 16.1. The molecule has 76 heavy (non-hydrogen) atoms. The van der Waals surface area contributed by atoms with Gasteiger partial charge in [0.2, 0.25) is 0 Å². The van der Waals surface area contributed by atoms with Crippen molar-refractivity contribution >= 4 is 77.2 Å². The van der Waals surface area contributed by atoms with Crippen molar-refractivity contribution in [2.45, 2.75) is 119 Å². The monoisotopic (exact) mass is 991 g/mol. The Kier molecular flexibility index (Phi) is 12.3. The van der Waals surface area contributed by atoms with E-state index in [1.54, 1.807) is 0 Å². The highest BCUT2D eigenvalue weighted by atomic mass is 15.1. The Labute approximate surface area is 453 Å². The lowest BCUT2D eigenvalue weighted by Gasteiger charge is -2.28. The third kappa shape index (κ3) is 9.31. The van der Waals surface area contributed by atoms with E-state index in [1.165, 1.54) is 98.7 Å². The lowest BCUT2D eigenvalue weighted by atomic mass is 9.84. The molecule has 380 valence electrons. The van der Waals surface area contributed by atoms with Crippen molar-refractivity contribution in [1.29, 1.82) is 0 Å². The first-order valence-corrected chi connectivity index (χ1v) is 27.4. The van der Waals surface area contributed by atoms with Crippen molar-refractivity contribution < 1.29 is 0 Å². The van der Waals surface area contributed by atoms with Gasteiger partial charge in [-0.15, -0.1) is 0 Å². The van der Waals surface area contributed by atoms with Crippen LogP contribution in [0.5, 0.6) is 0 Å². The van der Waals surface area contributed by atoms with Crippen LogP contribution in [0.2, 0.25) is 0 Å². The van der Waals surface area contributed by atoms with Crippen LogP contribution in [0.1, 0.15) is 116 Å². The Bertz CT molecular complexity index is 3530. The highest BCUT2D eigenvalue weighted by Gasteiger charge is 2.23. The maximum Gasteiger partial charge on any atom is 0.0462 e. The summed E-state index contributed by atoms with van der Waals surface area (Å²) in [6.45, 7) is 31.9. The molecule has 11 aromatic carbocycles. The van der Waals surface area contributed by atoms with Crippen LogP contribution in [0.15, 0.2) is 194 Å². The molecule has 0 aromatic heterocycles. The largest absolute Gasteiger partial charge is 0.311 e. The lowest BCUT2D eigenvalue weighted by Crippen LogP contribution is -2.14. The van der Waals surface area contributed by atoms with Crippen LogP contribution in [-0.4, -0.2) is 0 Å². The summed E-state index contributed by atoms with van der Waals surface area (Å²) in [5.74, 6) is 0. The molecule has 0 N–H and O–H groups in total. The number of hydrogen-bond donors (Lipinski definition) is 0. The van der Waals surface area contributed by atoms with Gasteiger partial charge < -0.3 is 9.80 Å². The molecule has 2 nitrogen and oxygen atoms in total. The molecule has 0 aliphatic carbocycles. The standard InChI is InChI=1S/C74H74N2/c1-47-15-41-63-68-46-52(50-19-31-58(32-20-50)76(61-37-25-55(26-38-61)73(9,10)11)62-39-27-56(28-40-62)74(12,13)14)44-66-48(2)16-42-64(70(66)68)67-45-51(43-65(47)69(63)67)49-17-29-57(30-18-49)75(59-33-21-53(22-34-59)71(3,4)5)60-35-23-54(24-36-60)72(6,7)8/h15-46H,1-14H3. The van der Waals surface area contributed by atoms with E-state index >= 15 is 0 Å². The molecule has 0 fully saturated rings. The lowest BCUT2D eigenvalue weighted by molar-refractivity contribution is 0.590. The molecule has 0 unspecified atom stereocenters. The van der Waals surface area contributed by atoms with Gasteiger partial charge in [-0.3, -0.25) is 0 Å². The minimum absolute atomic E-state index is 0.0746. The van der Waals surface area contributed by atoms with Gasteiger partial charge >= 0.3 is 0 Å². The average Bonchev–Trinajstić information content (AvgIpc) is 3.41. The predicted molar refractivity (Wildman–Crippen MR) is 332 cm³/mol. The van der Waals surface area contributed by atoms with Gasteiger partial charge in [0.15, 0.2) is 0 Å². The molecular formula is C74H74N2. The van der Waals surface area contributed by atoms with Crippen molar-refractivity contribution in [2.75, 3.05) is 9.80 Å². The first kappa shape index (κ1) is 50.5. The van der Waals surface area contributed by atoms with Crippen LogP contribution in [0.25, 0.3) is 65.3 Å². The van der Waals surface area contributed by atoms with Gasteiger partial charge in [-0.1, -0.05) is 180 Å². The summed E-state index contributed by atoms with van der Waals surface area (Å²) < 4.78 is 0. The number of nitrogens with zero attached hydrogens (tertiary/aromatic N) is 2.